The van der Waals surface area contributed by atoms with Crippen molar-refractivity contribution in [2.75, 3.05) is 0 Å². The van der Waals surface area contributed by atoms with E-state index in [0.717, 1.165) is 36.6 Å². The lowest BCUT2D eigenvalue weighted by Gasteiger charge is -2.23. The number of hydrogen-bond acceptors (Lipinski definition) is 6. The standard InChI is InChI=1S/C23H31NO6/c1-5-7-9-16-13-20(25)30-21-14(3)19(12-11-17(16)21)29-15(4)22(26)24-18(23(27)28)10-8-6-2/h11-13,15,18H,5-10H2,1-4H3,(H,24,26)(H,27,28)/p-1/t15-,18-/m1/s1. The molecule has 0 radical (unpaired) electrons. The second kappa shape index (κ2) is 10.8. The average Bonchev–Trinajstić information content (AvgIpc) is 2.71. The zero-order chi connectivity index (χ0) is 22.3. The van der Waals surface area contributed by atoms with Gasteiger partial charge in [0.1, 0.15) is 11.3 Å². The number of carboxylic acid groups (broad SMARTS) is 1. The van der Waals surface area contributed by atoms with Gasteiger partial charge in [-0.25, -0.2) is 4.79 Å². The minimum Gasteiger partial charge on any atom is -0.548 e. The minimum atomic E-state index is -1.31. The highest BCUT2D eigenvalue weighted by molar-refractivity contribution is 5.87. The number of carbonyl (C=O) groups excluding carboxylic acids is 2. The maximum atomic E-state index is 12.4. The summed E-state index contributed by atoms with van der Waals surface area (Å²) in [5, 5.41) is 14.6. The predicted octanol–water partition coefficient (Wildman–Crippen LogP) is 2.64. The van der Waals surface area contributed by atoms with Gasteiger partial charge < -0.3 is 24.4 Å². The molecule has 30 heavy (non-hydrogen) atoms. The first-order valence-corrected chi connectivity index (χ1v) is 10.5. The van der Waals surface area contributed by atoms with Crippen LogP contribution in [0, 0.1) is 6.92 Å². The van der Waals surface area contributed by atoms with Crippen LogP contribution in [-0.2, 0) is 16.0 Å². The summed E-state index contributed by atoms with van der Waals surface area (Å²) in [6, 6.07) is 4.02. The molecule has 2 atom stereocenters. The van der Waals surface area contributed by atoms with Crippen LogP contribution in [0.3, 0.4) is 0 Å². The number of carboxylic acids is 1. The predicted molar refractivity (Wildman–Crippen MR) is 112 cm³/mol. The number of nitrogens with one attached hydrogen (secondary N) is 1. The summed E-state index contributed by atoms with van der Waals surface area (Å²) in [5.74, 6) is -1.45. The Morgan fingerprint density at radius 2 is 1.90 bits per heavy atom. The van der Waals surface area contributed by atoms with Crippen molar-refractivity contribution < 1.29 is 23.8 Å². The third-order valence-corrected chi connectivity index (χ3v) is 5.12. The molecule has 0 aliphatic rings. The molecule has 164 valence electrons. The summed E-state index contributed by atoms with van der Waals surface area (Å²) < 4.78 is 11.2. The van der Waals surface area contributed by atoms with Crippen LogP contribution >= 0.6 is 0 Å². The van der Waals surface area contributed by atoms with E-state index in [1.165, 1.54) is 6.07 Å². The lowest BCUT2D eigenvalue weighted by molar-refractivity contribution is -0.308. The Morgan fingerprint density at radius 1 is 1.20 bits per heavy atom. The fourth-order valence-corrected chi connectivity index (χ4v) is 3.30. The summed E-state index contributed by atoms with van der Waals surface area (Å²) >= 11 is 0. The second-order valence-corrected chi connectivity index (χ2v) is 7.54. The van der Waals surface area contributed by atoms with Crippen LogP contribution in [0.5, 0.6) is 5.75 Å². The van der Waals surface area contributed by atoms with E-state index in [9.17, 15) is 19.5 Å². The van der Waals surface area contributed by atoms with Gasteiger partial charge in [-0.2, -0.15) is 0 Å². The van der Waals surface area contributed by atoms with Gasteiger partial charge in [0.25, 0.3) is 5.91 Å². The van der Waals surface area contributed by atoms with Crippen LogP contribution in [0.25, 0.3) is 11.0 Å². The second-order valence-electron chi connectivity index (χ2n) is 7.54. The first kappa shape index (κ1) is 23.4. The molecule has 2 aromatic rings. The molecule has 1 N–H and O–H groups in total. The van der Waals surface area contributed by atoms with Crippen molar-refractivity contribution in [3.05, 3.63) is 39.7 Å². The van der Waals surface area contributed by atoms with E-state index in [1.54, 1.807) is 19.9 Å². The Morgan fingerprint density at radius 3 is 2.53 bits per heavy atom. The first-order chi connectivity index (χ1) is 14.3. The van der Waals surface area contributed by atoms with Gasteiger partial charge >= 0.3 is 5.63 Å². The molecule has 1 aromatic heterocycles. The lowest BCUT2D eigenvalue weighted by atomic mass is 10.0. The molecule has 0 spiro atoms. The summed E-state index contributed by atoms with van der Waals surface area (Å²) in [4.78, 5) is 35.7. The van der Waals surface area contributed by atoms with Crippen molar-refractivity contribution >= 4 is 22.8 Å². The van der Waals surface area contributed by atoms with Crippen molar-refractivity contribution in [3.8, 4) is 5.75 Å². The highest BCUT2D eigenvalue weighted by Gasteiger charge is 2.21. The van der Waals surface area contributed by atoms with E-state index in [0.29, 0.717) is 29.7 Å². The van der Waals surface area contributed by atoms with Gasteiger partial charge in [0, 0.05) is 17.0 Å². The third kappa shape index (κ3) is 5.84. The van der Waals surface area contributed by atoms with Gasteiger partial charge in [-0.1, -0.05) is 33.1 Å². The van der Waals surface area contributed by atoms with Gasteiger partial charge in [0.15, 0.2) is 6.10 Å². The van der Waals surface area contributed by atoms with Crippen LogP contribution in [-0.4, -0.2) is 24.0 Å². The number of ether oxygens (including phenoxy) is 1. The summed E-state index contributed by atoms with van der Waals surface area (Å²) in [7, 11) is 0. The Labute approximate surface area is 176 Å². The number of carbonyl (C=O) groups is 2. The number of benzene rings is 1. The third-order valence-electron chi connectivity index (χ3n) is 5.12. The Hall–Kier alpha value is -2.83. The molecule has 0 bridgehead atoms. The van der Waals surface area contributed by atoms with E-state index < -0.39 is 29.6 Å². The van der Waals surface area contributed by atoms with E-state index >= 15 is 0 Å². The minimum absolute atomic E-state index is 0.304. The highest BCUT2D eigenvalue weighted by atomic mass is 16.5. The summed E-state index contributed by atoms with van der Waals surface area (Å²) in [6.45, 7) is 7.33. The van der Waals surface area contributed by atoms with Gasteiger partial charge in [-0.15, -0.1) is 0 Å². The number of aliphatic carboxylic acids is 1. The highest BCUT2D eigenvalue weighted by Crippen LogP contribution is 2.29. The largest absolute Gasteiger partial charge is 0.548 e. The molecule has 0 aliphatic carbocycles. The molecule has 2 rings (SSSR count). The normalized spacial score (nSPS) is 13.1. The van der Waals surface area contributed by atoms with Crippen LogP contribution in [0.4, 0.5) is 0 Å². The molecule has 0 aliphatic heterocycles. The number of unbranched alkanes of at least 4 members (excludes halogenated alkanes) is 2. The smallest absolute Gasteiger partial charge is 0.336 e. The molecule has 0 saturated carbocycles. The molecular formula is C23H30NO6-. The Bertz CT molecular complexity index is 949. The Balaban J connectivity index is 2.22. The monoisotopic (exact) mass is 416 g/mol. The SMILES string of the molecule is CCCCc1cc(=O)oc2c(C)c(O[C@H](C)C(=O)N[C@H](CCCC)C(=O)[O-])ccc12. The topological polar surface area (TPSA) is 109 Å². The van der Waals surface area contributed by atoms with Crippen LogP contribution in [0.15, 0.2) is 27.4 Å². The maximum Gasteiger partial charge on any atom is 0.336 e. The fraction of sp³-hybridized carbons (Fsp3) is 0.522. The van der Waals surface area contributed by atoms with Gasteiger partial charge in [-0.05, 0) is 50.8 Å². The molecule has 1 amide bonds. The molecular weight excluding hydrogens is 386 g/mol. The molecule has 0 saturated heterocycles. The summed E-state index contributed by atoms with van der Waals surface area (Å²) in [6.07, 6.45) is 3.60. The quantitative estimate of drug-likeness (QED) is 0.564. The van der Waals surface area contributed by atoms with Crippen LogP contribution in [0.2, 0.25) is 0 Å². The van der Waals surface area contributed by atoms with Gasteiger partial charge in [0.2, 0.25) is 0 Å². The fourth-order valence-electron chi connectivity index (χ4n) is 3.30. The zero-order valence-electron chi connectivity index (χ0n) is 18.1. The molecule has 7 heteroatoms. The Kier molecular flexibility index (Phi) is 8.45. The van der Waals surface area contributed by atoms with Crippen molar-refractivity contribution in [3.63, 3.8) is 0 Å². The van der Waals surface area contributed by atoms with E-state index in [2.05, 4.69) is 12.2 Å². The van der Waals surface area contributed by atoms with Crippen LogP contribution in [0.1, 0.15) is 64.0 Å². The molecule has 1 aromatic carbocycles. The number of rotatable bonds is 11. The lowest BCUT2D eigenvalue weighted by Crippen LogP contribution is -2.51. The van der Waals surface area contributed by atoms with Crippen molar-refractivity contribution in [2.45, 2.75) is 78.4 Å². The summed E-state index contributed by atoms with van der Waals surface area (Å²) in [5.41, 5.74) is 1.56. The van der Waals surface area contributed by atoms with Crippen molar-refractivity contribution in [2.24, 2.45) is 0 Å². The van der Waals surface area contributed by atoms with Crippen molar-refractivity contribution in [1.29, 1.82) is 0 Å². The van der Waals surface area contributed by atoms with Gasteiger partial charge in [0.05, 0.1) is 12.0 Å². The van der Waals surface area contributed by atoms with Crippen molar-refractivity contribution in [1.82, 2.24) is 5.32 Å². The zero-order valence-corrected chi connectivity index (χ0v) is 18.1. The van der Waals surface area contributed by atoms with E-state index in [-0.39, 0.29) is 0 Å². The number of amides is 1. The number of aryl methyl sites for hydroxylation is 2. The molecule has 0 unspecified atom stereocenters. The van der Waals surface area contributed by atoms with E-state index in [4.69, 9.17) is 9.15 Å². The first-order valence-electron chi connectivity index (χ1n) is 10.5. The van der Waals surface area contributed by atoms with E-state index in [1.807, 2.05) is 13.0 Å². The molecule has 1 heterocycles. The average molecular weight is 416 g/mol. The number of fused-ring (bicyclic) bond motifs is 1. The molecule has 0 fully saturated rings. The van der Waals surface area contributed by atoms with Gasteiger partial charge in [-0.3, -0.25) is 4.79 Å². The number of hydrogen-bond donors (Lipinski definition) is 1. The maximum absolute atomic E-state index is 12.4. The molecule has 7 nitrogen and oxygen atoms in total. The van der Waals surface area contributed by atoms with Crippen LogP contribution < -0.4 is 20.8 Å².